The van der Waals surface area contributed by atoms with Gasteiger partial charge in [-0.15, -0.1) is 0 Å². The molecule has 1 N–H and O–H groups in total. The fourth-order valence-electron chi connectivity index (χ4n) is 1.81. The minimum Gasteiger partial charge on any atom is -0.285 e. The molecule has 0 unspecified atom stereocenters. The van der Waals surface area contributed by atoms with Crippen LogP contribution < -0.4 is 4.72 Å². The van der Waals surface area contributed by atoms with Crippen molar-refractivity contribution >= 4 is 33.1 Å². The van der Waals surface area contributed by atoms with Crippen molar-refractivity contribution in [1.82, 2.24) is 9.38 Å². The fourth-order valence-corrected chi connectivity index (χ4v) is 2.94. The standard InChI is InChI=1S/C13H10ClN3O2S/c14-10-4-6-12(7-5-10)20(18,19)16-13-15-9-11-3-1-2-8-17(11)13/h1-9H,(H,15,16). The molecule has 5 nitrogen and oxygen atoms in total. The smallest absolute Gasteiger partial charge is 0.264 e. The summed E-state index contributed by atoms with van der Waals surface area (Å²) in [6.45, 7) is 0. The fraction of sp³-hybridized carbons (Fsp3) is 0. The van der Waals surface area contributed by atoms with Crippen molar-refractivity contribution in [2.24, 2.45) is 0 Å². The van der Waals surface area contributed by atoms with E-state index < -0.39 is 10.0 Å². The third kappa shape index (κ3) is 2.35. The van der Waals surface area contributed by atoms with Crippen LogP contribution in [0.2, 0.25) is 5.02 Å². The summed E-state index contributed by atoms with van der Waals surface area (Å²) in [4.78, 5) is 4.20. The summed E-state index contributed by atoms with van der Waals surface area (Å²) >= 11 is 5.75. The molecular weight excluding hydrogens is 298 g/mol. The van der Waals surface area contributed by atoms with Crippen LogP contribution in [-0.2, 0) is 10.0 Å². The topological polar surface area (TPSA) is 63.5 Å². The number of halogens is 1. The molecule has 0 aliphatic carbocycles. The van der Waals surface area contributed by atoms with E-state index in [0.717, 1.165) is 5.52 Å². The highest BCUT2D eigenvalue weighted by Crippen LogP contribution is 2.18. The van der Waals surface area contributed by atoms with Crippen LogP contribution in [0.5, 0.6) is 0 Å². The number of nitrogens with one attached hydrogen (secondary N) is 1. The minimum atomic E-state index is -3.68. The molecule has 0 aliphatic rings. The van der Waals surface area contributed by atoms with Gasteiger partial charge in [0.15, 0.2) is 0 Å². The van der Waals surface area contributed by atoms with Crippen molar-refractivity contribution in [3.63, 3.8) is 0 Å². The number of anilines is 1. The van der Waals surface area contributed by atoms with E-state index in [-0.39, 0.29) is 10.8 Å². The Morgan fingerprint density at radius 3 is 2.60 bits per heavy atom. The molecule has 3 rings (SSSR count). The normalized spacial score (nSPS) is 11.7. The summed E-state index contributed by atoms with van der Waals surface area (Å²) in [5.41, 5.74) is 0.807. The molecule has 3 aromatic rings. The molecule has 2 heterocycles. The molecule has 0 amide bonds. The first-order valence-corrected chi connectivity index (χ1v) is 7.63. The lowest BCUT2D eigenvalue weighted by atomic mass is 10.4. The molecule has 1 aromatic carbocycles. The number of fused-ring (bicyclic) bond motifs is 1. The van der Waals surface area contributed by atoms with Crippen LogP contribution in [0.4, 0.5) is 5.95 Å². The van der Waals surface area contributed by atoms with Crippen molar-refractivity contribution in [2.75, 3.05) is 4.72 Å². The third-order valence-corrected chi connectivity index (χ3v) is 4.38. The average molecular weight is 308 g/mol. The van der Waals surface area contributed by atoms with Gasteiger partial charge >= 0.3 is 0 Å². The number of rotatable bonds is 3. The Hall–Kier alpha value is -2.05. The number of imidazole rings is 1. The van der Waals surface area contributed by atoms with Gasteiger partial charge in [-0.05, 0) is 36.4 Å². The number of benzene rings is 1. The first kappa shape index (κ1) is 13.0. The summed E-state index contributed by atoms with van der Waals surface area (Å²) < 4.78 is 28.6. The number of hydrogen-bond acceptors (Lipinski definition) is 3. The zero-order valence-corrected chi connectivity index (χ0v) is 11.8. The van der Waals surface area contributed by atoms with E-state index in [0.29, 0.717) is 5.02 Å². The van der Waals surface area contributed by atoms with Gasteiger partial charge in [0.05, 0.1) is 16.6 Å². The Balaban J connectivity index is 1.99. The Morgan fingerprint density at radius 1 is 1.10 bits per heavy atom. The van der Waals surface area contributed by atoms with Gasteiger partial charge in [-0.3, -0.25) is 4.40 Å². The predicted octanol–water partition coefficient (Wildman–Crippen LogP) is 2.79. The Kier molecular flexibility index (Phi) is 3.11. The summed E-state index contributed by atoms with van der Waals surface area (Å²) in [6.07, 6.45) is 3.34. The van der Waals surface area contributed by atoms with Gasteiger partial charge in [-0.2, -0.15) is 0 Å². The molecule has 0 atom stereocenters. The van der Waals surface area contributed by atoms with E-state index in [4.69, 9.17) is 11.6 Å². The molecule has 0 fully saturated rings. The molecule has 102 valence electrons. The number of nitrogens with zero attached hydrogens (tertiary/aromatic N) is 2. The molecule has 0 spiro atoms. The first-order chi connectivity index (χ1) is 9.56. The predicted molar refractivity (Wildman–Crippen MR) is 77.5 cm³/mol. The van der Waals surface area contributed by atoms with Gasteiger partial charge in [0.1, 0.15) is 0 Å². The maximum atomic E-state index is 12.2. The monoisotopic (exact) mass is 307 g/mol. The second-order valence-electron chi connectivity index (χ2n) is 4.14. The van der Waals surface area contributed by atoms with Gasteiger partial charge in [0.2, 0.25) is 5.95 Å². The van der Waals surface area contributed by atoms with Crippen LogP contribution in [0.25, 0.3) is 5.52 Å². The van der Waals surface area contributed by atoms with Crippen LogP contribution in [0.3, 0.4) is 0 Å². The molecule has 20 heavy (non-hydrogen) atoms. The Morgan fingerprint density at radius 2 is 1.85 bits per heavy atom. The number of pyridine rings is 1. The number of sulfonamides is 1. The van der Waals surface area contributed by atoms with Crippen LogP contribution in [0.15, 0.2) is 59.8 Å². The first-order valence-electron chi connectivity index (χ1n) is 5.77. The lowest BCUT2D eigenvalue weighted by Crippen LogP contribution is -2.14. The summed E-state index contributed by atoms with van der Waals surface area (Å²) in [6, 6.07) is 11.4. The lowest BCUT2D eigenvalue weighted by Gasteiger charge is -2.07. The van der Waals surface area contributed by atoms with Gasteiger partial charge in [-0.1, -0.05) is 17.7 Å². The maximum absolute atomic E-state index is 12.2. The summed E-state index contributed by atoms with van der Waals surface area (Å²) in [7, 11) is -3.68. The molecule has 0 radical (unpaired) electrons. The van der Waals surface area contributed by atoms with E-state index in [1.165, 1.54) is 24.3 Å². The molecule has 7 heteroatoms. The van der Waals surface area contributed by atoms with Crippen molar-refractivity contribution in [3.05, 3.63) is 59.9 Å². The quantitative estimate of drug-likeness (QED) is 0.809. The summed E-state index contributed by atoms with van der Waals surface area (Å²) in [5.74, 6) is 0.246. The van der Waals surface area contributed by atoms with Crippen molar-refractivity contribution in [1.29, 1.82) is 0 Å². The third-order valence-electron chi connectivity index (χ3n) is 2.79. The van der Waals surface area contributed by atoms with E-state index in [1.807, 2.05) is 12.1 Å². The highest BCUT2D eigenvalue weighted by Gasteiger charge is 2.16. The van der Waals surface area contributed by atoms with E-state index in [9.17, 15) is 8.42 Å². The minimum absolute atomic E-state index is 0.134. The summed E-state index contributed by atoms with van der Waals surface area (Å²) in [5, 5.41) is 0.482. The highest BCUT2D eigenvalue weighted by atomic mass is 35.5. The highest BCUT2D eigenvalue weighted by molar-refractivity contribution is 7.92. The van der Waals surface area contributed by atoms with Crippen molar-refractivity contribution < 1.29 is 8.42 Å². The van der Waals surface area contributed by atoms with Crippen LogP contribution in [-0.4, -0.2) is 17.8 Å². The molecule has 0 aliphatic heterocycles. The number of aromatic nitrogens is 2. The molecule has 0 saturated heterocycles. The maximum Gasteiger partial charge on any atom is 0.264 e. The van der Waals surface area contributed by atoms with Gasteiger partial charge in [-0.25, -0.2) is 18.1 Å². The van der Waals surface area contributed by atoms with E-state index in [2.05, 4.69) is 9.71 Å². The van der Waals surface area contributed by atoms with Crippen LogP contribution in [0.1, 0.15) is 0 Å². The molecule has 0 bridgehead atoms. The van der Waals surface area contributed by atoms with Crippen molar-refractivity contribution in [3.8, 4) is 0 Å². The van der Waals surface area contributed by atoms with Gasteiger partial charge in [0, 0.05) is 11.2 Å². The van der Waals surface area contributed by atoms with Gasteiger partial charge in [0.25, 0.3) is 10.0 Å². The zero-order valence-electron chi connectivity index (χ0n) is 10.2. The Bertz CT molecular complexity index is 857. The lowest BCUT2D eigenvalue weighted by molar-refractivity contribution is 0.601. The van der Waals surface area contributed by atoms with Crippen molar-refractivity contribution in [2.45, 2.75) is 4.90 Å². The average Bonchev–Trinajstić information content (AvgIpc) is 2.82. The largest absolute Gasteiger partial charge is 0.285 e. The molecular formula is C13H10ClN3O2S. The zero-order chi connectivity index (χ0) is 14.2. The second-order valence-corrected chi connectivity index (χ2v) is 6.26. The Labute approximate surface area is 120 Å². The van der Waals surface area contributed by atoms with E-state index >= 15 is 0 Å². The molecule has 0 saturated carbocycles. The number of hydrogen-bond donors (Lipinski definition) is 1. The van der Waals surface area contributed by atoms with Crippen LogP contribution >= 0.6 is 11.6 Å². The van der Waals surface area contributed by atoms with E-state index in [1.54, 1.807) is 22.9 Å². The van der Waals surface area contributed by atoms with Gasteiger partial charge < -0.3 is 0 Å². The SMILES string of the molecule is O=S(=O)(Nc1ncc2ccccn12)c1ccc(Cl)cc1. The van der Waals surface area contributed by atoms with Crippen LogP contribution in [0, 0.1) is 0 Å². The molecule has 2 aromatic heterocycles. The second kappa shape index (κ2) is 4.81.